The molecule has 2 saturated heterocycles. The fourth-order valence-electron chi connectivity index (χ4n) is 4.29. The van der Waals surface area contributed by atoms with Crippen molar-refractivity contribution in [3.8, 4) is 59.2 Å². The molecule has 220 valence electrons. The fraction of sp³-hybridized carbons (Fsp3) is 0.406. The second-order valence-electron chi connectivity index (χ2n) is 9.17. The maximum atomic E-state index is 12.8. The first-order valence-corrected chi connectivity index (χ1v) is 13.3. The molecule has 2 heterocycles. The third kappa shape index (κ3) is 8.43. The fourth-order valence-corrected chi connectivity index (χ4v) is 4.29. The van der Waals surface area contributed by atoms with E-state index in [4.69, 9.17) is 39.6 Å². The highest BCUT2D eigenvalue weighted by Gasteiger charge is 2.51. The molecule has 0 unspecified atom stereocenters. The summed E-state index contributed by atoms with van der Waals surface area (Å²) in [5, 5.41) is 0. The van der Waals surface area contributed by atoms with E-state index in [9.17, 15) is 4.79 Å². The van der Waals surface area contributed by atoms with Gasteiger partial charge in [-0.3, -0.25) is 4.79 Å². The summed E-state index contributed by atoms with van der Waals surface area (Å²) >= 11 is 0. The summed E-state index contributed by atoms with van der Waals surface area (Å²) in [7, 11) is 0. The maximum absolute atomic E-state index is 12.8. The van der Waals surface area contributed by atoms with Gasteiger partial charge in [0.05, 0.1) is 19.8 Å². The monoisotopic (exact) mass is 556 g/mol. The number of benzene rings is 2. The lowest BCUT2D eigenvalue weighted by molar-refractivity contribution is -0.142. The van der Waals surface area contributed by atoms with Crippen molar-refractivity contribution in [2.24, 2.45) is 5.92 Å². The minimum atomic E-state index is -0.564. The van der Waals surface area contributed by atoms with Crippen molar-refractivity contribution in [1.82, 2.24) is 0 Å². The lowest BCUT2D eigenvalue weighted by Gasteiger charge is -2.17. The predicted octanol–water partition coefficient (Wildman–Crippen LogP) is 5.84. The van der Waals surface area contributed by atoms with E-state index in [-0.39, 0.29) is 34.2 Å². The predicted molar refractivity (Wildman–Crippen MR) is 159 cm³/mol. The Hall–Kier alpha value is -4.13. The average Bonchev–Trinajstić information content (AvgIpc) is 3.57. The molecule has 8 heteroatoms. The van der Waals surface area contributed by atoms with E-state index in [1.54, 1.807) is 24.3 Å². The first-order valence-electron chi connectivity index (χ1n) is 13.3. The smallest absolute Gasteiger partial charge is 0.319 e. The molecule has 0 saturated carbocycles. The summed E-state index contributed by atoms with van der Waals surface area (Å²) in [4.78, 5) is 12.8. The van der Waals surface area contributed by atoms with Crippen LogP contribution in [-0.2, 0) is 19.0 Å². The van der Waals surface area contributed by atoms with Gasteiger partial charge in [-0.1, -0.05) is 26.2 Å². The van der Waals surface area contributed by atoms with Crippen molar-refractivity contribution < 1.29 is 46.5 Å². The number of terminal acetylenes is 1. The molecule has 2 aromatic rings. The van der Waals surface area contributed by atoms with Crippen LogP contribution in [0.15, 0.2) is 48.5 Å². The van der Waals surface area contributed by atoms with Crippen molar-refractivity contribution in [3.05, 3.63) is 48.5 Å². The summed E-state index contributed by atoms with van der Waals surface area (Å²) < 4.78 is 39.8. The molecule has 2 aliphatic heterocycles. The van der Waals surface area contributed by atoms with Gasteiger partial charge in [-0.25, -0.2) is 0 Å². The number of hydrogen-bond donors (Lipinski definition) is 0. The standard InChI is InChI=1S/C32H32O8.6H2/c1-3-5-7-9-19-34-24-11-13-26(14-12-24)38-23-39-29-22-37-30-28(21-36-31(29)30)32(33)40-27-17-15-25(16-18-27)35-20-10-8-6-4-2;;;;;;/h2,11-18,28-31H,3,5,7,9,19,21-23H2,1H3;6*1H/t28-,29+,30-,31-;;;;;;/m1....../s1. The molecular weight excluding hydrogens is 512 g/mol. The third-order valence-corrected chi connectivity index (χ3v) is 6.37. The van der Waals surface area contributed by atoms with Gasteiger partial charge >= 0.3 is 5.97 Å². The molecule has 40 heavy (non-hydrogen) atoms. The van der Waals surface area contributed by atoms with Crippen LogP contribution in [0.3, 0.4) is 0 Å². The molecule has 4 rings (SSSR count). The van der Waals surface area contributed by atoms with Gasteiger partial charge in [0.1, 0.15) is 53.3 Å². The first kappa shape index (κ1) is 28.9. The summed E-state index contributed by atoms with van der Waals surface area (Å²) in [6.07, 6.45) is 10.9. The van der Waals surface area contributed by atoms with E-state index in [1.165, 1.54) is 19.3 Å². The average molecular weight is 557 g/mol. The highest BCUT2D eigenvalue weighted by atomic mass is 16.7. The van der Waals surface area contributed by atoms with Crippen LogP contribution in [0.1, 0.15) is 41.2 Å². The van der Waals surface area contributed by atoms with Crippen molar-refractivity contribution in [1.29, 1.82) is 0 Å². The normalized spacial score (nSPS) is 20.6. The van der Waals surface area contributed by atoms with Crippen LogP contribution in [0.4, 0.5) is 0 Å². The van der Waals surface area contributed by atoms with Crippen LogP contribution in [0, 0.1) is 42.1 Å². The van der Waals surface area contributed by atoms with Gasteiger partial charge in [0.25, 0.3) is 0 Å². The molecule has 0 bridgehead atoms. The van der Waals surface area contributed by atoms with Gasteiger partial charge in [0.2, 0.25) is 0 Å². The van der Waals surface area contributed by atoms with Crippen molar-refractivity contribution >= 4 is 5.97 Å². The number of hydrogen-bond acceptors (Lipinski definition) is 8. The van der Waals surface area contributed by atoms with Crippen LogP contribution >= 0.6 is 0 Å². The summed E-state index contributed by atoms with van der Waals surface area (Å²) in [6.45, 7) is 3.41. The van der Waals surface area contributed by atoms with Gasteiger partial charge in [0.15, 0.2) is 6.79 Å². The van der Waals surface area contributed by atoms with Crippen molar-refractivity contribution in [2.45, 2.75) is 50.9 Å². The minimum absolute atomic E-state index is 0. The maximum Gasteiger partial charge on any atom is 0.319 e. The first-order chi connectivity index (χ1) is 19.7. The van der Waals surface area contributed by atoms with Crippen molar-refractivity contribution in [3.63, 3.8) is 0 Å². The minimum Gasteiger partial charge on any atom is -0.494 e. The molecule has 0 radical (unpaired) electrons. The molecule has 2 aliphatic rings. The lowest BCUT2D eigenvalue weighted by Crippen LogP contribution is -2.35. The Morgan fingerprint density at radius 1 is 0.875 bits per heavy atom. The van der Waals surface area contributed by atoms with E-state index >= 15 is 0 Å². The zero-order valence-corrected chi connectivity index (χ0v) is 22.4. The zero-order chi connectivity index (χ0) is 28.0. The van der Waals surface area contributed by atoms with E-state index in [2.05, 4.69) is 36.7 Å². The van der Waals surface area contributed by atoms with Crippen LogP contribution in [0.5, 0.6) is 23.0 Å². The molecule has 4 atom stereocenters. The zero-order valence-electron chi connectivity index (χ0n) is 22.4. The second-order valence-corrected chi connectivity index (χ2v) is 9.17. The Kier molecular flexibility index (Phi) is 11.2. The third-order valence-electron chi connectivity index (χ3n) is 6.37. The van der Waals surface area contributed by atoms with Gasteiger partial charge in [-0.2, -0.15) is 0 Å². The van der Waals surface area contributed by atoms with E-state index < -0.39 is 18.0 Å². The number of fused-ring (bicyclic) bond motifs is 1. The van der Waals surface area contributed by atoms with Crippen LogP contribution < -0.4 is 18.9 Å². The molecule has 0 aliphatic carbocycles. The molecule has 8 nitrogen and oxygen atoms in total. The highest BCUT2D eigenvalue weighted by Crippen LogP contribution is 2.34. The summed E-state index contributed by atoms with van der Waals surface area (Å²) in [6, 6.07) is 13.9. The number of rotatable bonds is 13. The highest BCUT2D eigenvalue weighted by molar-refractivity contribution is 5.76. The van der Waals surface area contributed by atoms with Crippen molar-refractivity contribution in [2.75, 3.05) is 26.6 Å². The molecule has 0 spiro atoms. The number of carbonyl (C=O) groups is 1. The lowest BCUT2D eigenvalue weighted by atomic mass is 10.0. The molecule has 2 fully saturated rings. The van der Waals surface area contributed by atoms with E-state index in [0.29, 0.717) is 30.5 Å². The quantitative estimate of drug-likeness (QED) is 0.100. The van der Waals surface area contributed by atoms with Gasteiger partial charge in [-0.15, -0.1) is 6.42 Å². The number of unbranched alkanes of at least 4 members (excludes halogenated alkanes) is 3. The Labute approximate surface area is 244 Å². The molecule has 0 amide bonds. The SMILES string of the molecule is C#CC#CC#COc1ccc(OC(=O)[C@@H]2CO[C@H]3[C@@H]2OC[C@@H]3OCOc2ccc(OCCCCCC)cc2)cc1.[HH].[HH].[HH].[HH].[HH].[HH]. The van der Waals surface area contributed by atoms with E-state index in [0.717, 1.165) is 12.2 Å². The molecular formula is C32H44O8. The molecule has 0 N–H and O–H groups in total. The Balaban J connectivity index is -0.00000308. The largest absolute Gasteiger partial charge is 0.494 e. The van der Waals surface area contributed by atoms with Gasteiger partial charge < -0.3 is 33.2 Å². The Morgan fingerprint density at radius 3 is 2.33 bits per heavy atom. The number of ether oxygens (including phenoxy) is 7. The summed E-state index contributed by atoms with van der Waals surface area (Å²) in [5.74, 6) is 10.8. The van der Waals surface area contributed by atoms with Crippen LogP contribution in [-0.4, -0.2) is 50.9 Å². The number of carbonyl (C=O) groups excluding carboxylic acids is 1. The summed E-state index contributed by atoms with van der Waals surface area (Å²) in [5.41, 5.74) is 0. The van der Waals surface area contributed by atoms with E-state index in [1.807, 2.05) is 24.3 Å². The molecule has 0 aromatic heterocycles. The number of esters is 1. The van der Waals surface area contributed by atoms with Crippen LogP contribution in [0.25, 0.3) is 0 Å². The molecule has 2 aromatic carbocycles. The second kappa shape index (κ2) is 15.5. The Morgan fingerprint density at radius 2 is 1.57 bits per heavy atom. The topological polar surface area (TPSA) is 81.7 Å². The van der Waals surface area contributed by atoms with Gasteiger partial charge in [0, 0.05) is 20.4 Å². The van der Waals surface area contributed by atoms with Gasteiger partial charge in [-0.05, 0) is 66.8 Å². The van der Waals surface area contributed by atoms with Crippen LogP contribution in [0.2, 0.25) is 0 Å². The Bertz CT molecular complexity index is 1280.